The number of amides is 1. The van der Waals surface area contributed by atoms with Crippen LogP contribution in [0.3, 0.4) is 0 Å². The van der Waals surface area contributed by atoms with Crippen LogP contribution >= 0.6 is 0 Å². The van der Waals surface area contributed by atoms with Gasteiger partial charge in [-0.15, -0.1) is 0 Å². The quantitative estimate of drug-likeness (QED) is 0.643. The maximum Gasteiger partial charge on any atom is 0.237 e. The van der Waals surface area contributed by atoms with Crippen molar-refractivity contribution >= 4 is 5.91 Å². The van der Waals surface area contributed by atoms with Crippen molar-refractivity contribution in [1.29, 1.82) is 0 Å². The van der Waals surface area contributed by atoms with Crippen molar-refractivity contribution in [2.75, 3.05) is 20.1 Å². The van der Waals surface area contributed by atoms with Crippen LogP contribution in [0.15, 0.2) is 0 Å². The Hall–Kier alpha value is -0.610. The zero-order chi connectivity index (χ0) is 15.9. The Bertz CT molecular complexity index is 321. The molecule has 4 nitrogen and oxygen atoms in total. The average Bonchev–Trinajstić information content (AvgIpc) is 2.44. The summed E-state index contributed by atoms with van der Waals surface area (Å²) in [6.07, 6.45) is 8.48. The third kappa shape index (κ3) is 5.59. The Morgan fingerprint density at radius 2 is 2.00 bits per heavy atom. The highest BCUT2D eigenvalue weighted by Gasteiger charge is 2.29. The number of nitrogens with one attached hydrogen (secondary N) is 1. The summed E-state index contributed by atoms with van der Waals surface area (Å²) in [4.78, 5) is 14.1. The molecule has 0 saturated heterocycles. The van der Waals surface area contributed by atoms with E-state index < -0.39 is 5.54 Å². The molecule has 0 spiro atoms. The molecule has 124 valence electrons. The van der Waals surface area contributed by atoms with Gasteiger partial charge in [0.15, 0.2) is 0 Å². The van der Waals surface area contributed by atoms with E-state index in [0.717, 1.165) is 44.3 Å². The summed E-state index contributed by atoms with van der Waals surface area (Å²) in [5.74, 6) is 0.583. The van der Waals surface area contributed by atoms with Gasteiger partial charge in [0.2, 0.25) is 5.91 Å². The van der Waals surface area contributed by atoms with E-state index in [1.54, 1.807) is 0 Å². The van der Waals surface area contributed by atoms with Crippen LogP contribution in [0.4, 0.5) is 0 Å². The molecule has 3 unspecified atom stereocenters. The molecule has 3 N–H and O–H groups in total. The van der Waals surface area contributed by atoms with Gasteiger partial charge in [0.1, 0.15) is 0 Å². The lowest BCUT2D eigenvalue weighted by Crippen LogP contribution is -2.53. The molecule has 21 heavy (non-hydrogen) atoms. The number of likely N-dealkylation sites (N-methyl/N-ethyl adjacent to an activating group) is 1. The van der Waals surface area contributed by atoms with Crippen LogP contribution in [0.2, 0.25) is 0 Å². The van der Waals surface area contributed by atoms with Crippen molar-refractivity contribution in [2.45, 2.75) is 77.3 Å². The SMILES string of the molecule is CCNC(C)(CCCCN(C)C1CCCCC1C)C(N)=O. The molecule has 0 heterocycles. The number of primary amides is 1. The molecular formula is C17H35N3O. The first-order valence-corrected chi connectivity index (χ1v) is 8.66. The van der Waals surface area contributed by atoms with Crippen molar-refractivity contribution in [2.24, 2.45) is 11.7 Å². The van der Waals surface area contributed by atoms with E-state index in [4.69, 9.17) is 5.73 Å². The second-order valence-corrected chi connectivity index (χ2v) is 6.99. The van der Waals surface area contributed by atoms with Gasteiger partial charge in [-0.2, -0.15) is 0 Å². The number of hydrogen-bond donors (Lipinski definition) is 2. The molecular weight excluding hydrogens is 262 g/mol. The summed E-state index contributed by atoms with van der Waals surface area (Å²) in [7, 11) is 2.25. The standard InChI is InChI=1S/C17H35N3O/c1-5-19-17(3,16(18)21)12-8-9-13-20(4)15-11-7-6-10-14(15)2/h14-15,19H,5-13H2,1-4H3,(H2,18,21). The van der Waals surface area contributed by atoms with Crippen LogP contribution in [-0.4, -0.2) is 42.5 Å². The van der Waals surface area contributed by atoms with Crippen LogP contribution in [0.25, 0.3) is 0 Å². The zero-order valence-corrected chi connectivity index (χ0v) is 14.5. The molecule has 1 fully saturated rings. The minimum absolute atomic E-state index is 0.237. The molecule has 1 aliphatic rings. The van der Waals surface area contributed by atoms with Gasteiger partial charge < -0.3 is 16.0 Å². The second-order valence-electron chi connectivity index (χ2n) is 6.99. The molecule has 1 saturated carbocycles. The Labute approximate surface area is 130 Å². The Morgan fingerprint density at radius 1 is 1.33 bits per heavy atom. The first-order chi connectivity index (χ1) is 9.90. The van der Waals surface area contributed by atoms with E-state index in [1.165, 1.54) is 25.7 Å². The topological polar surface area (TPSA) is 58.4 Å². The van der Waals surface area contributed by atoms with E-state index in [2.05, 4.69) is 24.2 Å². The molecule has 1 rings (SSSR count). The largest absolute Gasteiger partial charge is 0.368 e. The lowest BCUT2D eigenvalue weighted by atomic mass is 9.85. The minimum Gasteiger partial charge on any atom is -0.368 e. The highest BCUT2D eigenvalue weighted by atomic mass is 16.1. The molecule has 3 atom stereocenters. The molecule has 4 heteroatoms. The third-order valence-corrected chi connectivity index (χ3v) is 5.18. The number of carbonyl (C=O) groups excluding carboxylic acids is 1. The van der Waals surface area contributed by atoms with Gasteiger partial charge in [0, 0.05) is 6.04 Å². The van der Waals surface area contributed by atoms with Gasteiger partial charge in [-0.05, 0) is 65.1 Å². The van der Waals surface area contributed by atoms with Crippen LogP contribution in [-0.2, 0) is 4.79 Å². The number of unbranched alkanes of at least 4 members (excludes halogenated alkanes) is 1. The van der Waals surface area contributed by atoms with Gasteiger partial charge in [-0.3, -0.25) is 4.79 Å². The molecule has 0 bridgehead atoms. The normalized spacial score (nSPS) is 25.8. The predicted molar refractivity (Wildman–Crippen MR) is 89.2 cm³/mol. The third-order valence-electron chi connectivity index (χ3n) is 5.18. The summed E-state index contributed by atoms with van der Waals surface area (Å²) in [6.45, 7) is 8.22. The van der Waals surface area contributed by atoms with E-state index in [9.17, 15) is 4.79 Å². The number of hydrogen-bond acceptors (Lipinski definition) is 3. The van der Waals surface area contributed by atoms with E-state index in [-0.39, 0.29) is 5.91 Å². The van der Waals surface area contributed by atoms with Crippen LogP contribution < -0.4 is 11.1 Å². The highest BCUT2D eigenvalue weighted by molar-refractivity contribution is 5.84. The van der Waals surface area contributed by atoms with Crippen molar-refractivity contribution in [3.8, 4) is 0 Å². The summed E-state index contributed by atoms with van der Waals surface area (Å²) in [6, 6.07) is 0.745. The van der Waals surface area contributed by atoms with Gasteiger partial charge >= 0.3 is 0 Å². The molecule has 0 aromatic carbocycles. The smallest absolute Gasteiger partial charge is 0.237 e. The molecule has 0 radical (unpaired) electrons. The average molecular weight is 297 g/mol. The molecule has 0 aromatic heterocycles. The second kappa shape index (κ2) is 8.74. The molecule has 1 aliphatic carbocycles. The number of nitrogens with zero attached hydrogens (tertiary/aromatic N) is 1. The van der Waals surface area contributed by atoms with Gasteiger partial charge in [-0.25, -0.2) is 0 Å². The van der Waals surface area contributed by atoms with Crippen LogP contribution in [0.5, 0.6) is 0 Å². The van der Waals surface area contributed by atoms with Gasteiger partial charge in [-0.1, -0.05) is 26.7 Å². The maximum atomic E-state index is 11.6. The number of nitrogens with two attached hydrogens (primary N) is 1. The minimum atomic E-state index is -0.550. The Kier molecular flexibility index (Phi) is 7.67. The summed E-state index contributed by atoms with van der Waals surface area (Å²) in [5, 5.41) is 3.23. The molecule has 0 aliphatic heterocycles. The Morgan fingerprint density at radius 3 is 2.57 bits per heavy atom. The number of rotatable bonds is 9. The monoisotopic (exact) mass is 297 g/mol. The molecule has 0 aromatic rings. The first kappa shape index (κ1) is 18.4. The lowest BCUT2D eigenvalue weighted by molar-refractivity contribution is -0.124. The van der Waals surface area contributed by atoms with E-state index in [1.807, 2.05) is 13.8 Å². The predicted octanol–water partition coefficient (Wildman–Crippen LogP) is 2.52. The first-order valence-electron chi connectivity index (χ1n) is 8.66. The van der Waals surface area contributed by atoms with E-state index >= 15 is 0 Å². The fourth-order valence-electron chi connectivity index (χ4n) is 3.65. The lowest BCUT2D eigenvalue weighted by Gasteiger charge is -2.36. The van der Waals surface area contributed by atoms with Crippen molar-refractivity contribution in [1.82, 2.24) is 10.2 Å². The number of carbonyl (C=O) groups is 1. The zero-order valence-electron chi connectivity index (χ0n) is 14.5. The van der Waals surface area contributed by atoms with Gasteiger partial charge in [0.25, 0.3) is 0 Å². The highest BCUT2D eigenvalue weighted by Crippen LogP contribution is 2.27. The van der Waals surface area contributed by atoms with Crippen molar-refractivity contribution in [3.05, 3.63) is 0 Å². The van der Waals surface area contributed by atoms with E-state index in [0.29, 0.717) is 0 Å². The van der Waals surface area contributed by atoms with Crippen molar-refractivity contribution < 1.29 is 4.79 Å². The van der Waals surface area contributed by atoms with Crippen molar-refractivity contribution in [3.63, 3.8) is 0 Å². The van der Waals surface area contributed by atoms with Gasteiger partial charge in [0.05, 0.1) is 5.54 Å². The maximum absolute atomic E-state index is 11.6. The van der Waals surface area contributed by atoms with Crippen LogP contribution in [0, 0.1) is 5.92 Å². The summed E-state index contributed by atoms with van der Waals surface area (Å²) >= 11 is 0. The fourth-order valence-corrected chi connectivity index (χ4v) is 3.65. The summed E-state index contributed by atoms with van der Waals surface area (Å²) < 4.78 is 0. The molecule has 1 amide bonds. The Balaban J connectivity index is 2.30. The summed E-state index contributed by atoms with van der Waals surface area (Å²) in [5.41, 5.74) is 4.97. The fraction of sp³-hybridized carbons (Fsp3) is 0.941. The van der Waals surface area contributed by atoms with Crippen LogP contribution in [0.1, 0.15) is 65.7 Å².